The molecule has 2 aromatic carbocycles. The molecule has 30 heavy (non-hydrogen) atoms. The average Bonchev–Trinajstić information content (AvgIpc) is 3.15. The topological polar surface area (TPSA) is 86.1 Å². The van der Waals surface area contributed by atoms with Gasteiger partial charge in [-0.15, -0.1) is 10.2 Å². The summed E-state index contributed by atoms with van der Waals surface area (Å²) in [4.78, 5) is 23.7. The van der Waals surface area contributed by atoms with Crippen molar-refractivity contribution in [2.75, 3.05) is 12.3 Å². The van der Waals surface area contributed by atoms with Gasteiger partial charge in [-0.25, -0.2) is 4.39 Å². The summed E-state index contributed by atoms with van der Waals surface area (Å²) < 4.78 is 21.0. The molecule has 9 heteroatoms. The van der Waals surface area contributed by atoms with Gasteiger partial charge in [-0.1, -0.05) is 42.1 Å². The van der Waals surface area contributed by atoms with E-state index in [9.17, 15) is 14.0 Å². The molecule has 0 bridgehead atoms. The monoisotopic (exact) mass is 428 g/mol. The van der Waals surface area contributed by atoms with E-state index in [1.165, 1.54) is 6.07 Å². The second kappa shape index (κ2) is 10.0. The van der Waals surface area contributed by atoms with Gasteiger partial charge in [0.25, 0.3) is 0 Å². The summed E-state index contributed by atoms with van der Waals surface area (Å²) in [5.41, 5.74) is 1.05. The number of hydrogen-bond acceptors (Lipinski definition) is 6. The van der Waals surface area contributed by atoms with Crippen molar-refractivity contribution < 1.29 is 18.7 Å². The number of carbonyl (C=O) groups excluding carboxylic acids is 2. The summed E-state index contributed by atoms with van der Waals surface area (Å²) in [7, 11) is 0. The molecule has 0 aliphatic carbocycles. The molecule has 0 atom stereocenters. The SMILES string of the molecule is CC(C)OC(=O)CNC(=O)CSc1nnc(-c2ccccc2F)n1-c1ccccc1. The number of rotatable bonds is 8. The number of benzene rings is 2. The summed E-state index contributed by atoms with van der Waals surface area (Å²) in [5.74, 6) is -0.923. The van der Waals surface area contributed by atoms with Crippen LogP contribution in [-0.4, -0.2) is 45.0 Å². The van der Waals surface area contributed by atoms with E-state index < -0.39 is 11.8 Å². The van der Waals surface area contributed by atoms with Crippen LogP contribution >= 0.6 is 11.8 Å². The van der Waals surface area contributed by atoms with Gasteiger partial charge in [-0.2, -0.15) is 0 Å². The molecule has 3 aromatic rings. The van der Waals surface area contributed by atoms with Crippen molar-refractivity contribution in [3.05, 3.63) is 60.4 Å². The molecular weight excluding hydrogens is 407 g/mol. The molecule has 1 N–H and O–H groups in total. The molecule has 0 unspecified atom stereocenters. The number of hydrogen-bond donors (Lipinski definition) is 1. The van der Waals surface area contributed by atoms with Gasteiger partial charge in [-0.05, 0) is 38.1 Å². The van der Waals surface area contributed by atoms with Crippen LogP contribution in [0.15, 0.2) is 59.8 Å². The van der Waals surface area contributed by atoms with E-state index in [0.29, 0.717) is 16.5 Å². The smallest absolute Gasteiger partial charge is 0.325 e. The zero-order valence-electron chi connectivity index (χ0n) is 16.5. The lowest BCUT2D eigenvalue weighted by Gasteiger charge is -2.11. The van der Waals surface area contributed by atoms with E-state index in [1.54, 1.807) is 36.6 Å². The van der Waals surface area contributed by atoms with Gasteiger partial charge in [-0.3, -0.25) is 14.2 Å². The highest BCUT2D eigenvalue weighted by atomic mass is 32.2. The quantitative estimate of drug-likeness (QED) is 0.438. The molecule has 156 valence electrons. The van der Waals surface area contributed by atoms with E-state index >= 15 is 0 Å². The maximum Gasteiger partial charge on any atom is 0.325 e. The molecule has 7 nitrogen and oxygen atoms in total. The van der Waals surface area contributed by atoms with Crippen molar-refractivity contribution in [3.8, 4) is 17.1 Å². The van der Waals surface area contributed by atoms with Crippen LogP contribution in [0.4, 0.5) is 4.39 Å². The van der Waals surface area contributed by atoms with Gasteiger partial charge < -0.3 is 10.1 Å². The van der Waals surface area contributed by atoms with E-state index in [-0.39, 0.29) is 24.3 Å². The van der Waals surface area contributed by atoms with Crippen molar-refractivity contribution in [3.63, 3.8) is 0 Å². The Morgan fingerprint density at radius 2 is 1.80 bits per heavy atom. The third kappa shape index (κ3) is 5.44. The van der Waals surface area contributed by atoms with Gasteiger partial charge >= 0.3 is 5.97 Å². The Kier molecular flexibility index (Phi) is 7.18. The number of nitrogens with one attached hydrogen (secondary N) is 1. The molecule has 0 saturated heterocycles. The number of halogens is 1. The Morgan fingerprint density at radius 3 is 2.50 bits per heavy atom. The van der Waals surface area contributed by atoms with Crippen molar-refractivity contribution in [2.24, 2.45) is 0 Å². The third-order valence-corrected chi connectivity index (χ3v) is 4.82. The normalized spacial score (nSPS) is 10.8. The van der Waals surface area contributed by atoms with Crippen LogP contribution in [-0.2, 0) is 14.3 Å². The Hall–Kier alpha value is -3.20. The lowest BCUT2D eigenvalue weighted by Crippen LogP contribution is -2.32. The van der Waals surface area contributed by atoms with Crippen LogP contribution in [0.3, 0.4) is 0 Å². The zero-order chi connectivity index (χ0) is 21.5. The summed E-state index contributed by atoms with van der Waals surface area (Å²) in [5, 5.41) is 11.3. The first-order chi connectivity index (χ1) is 14.5. The third-order valence-electron chi connectivity index (χ3n) is 3.89. The molecule has 1 aromatic heterocycles. The fourth-order valence-electron chi connectivity index (χ4n) is 2.65. The number of thioether (sulfide) groups is 1. The molecule has 0 fully saturated rings. The van der Waals surface area contributed by atoms with Gasteiger partial charge in [0, 0.05) is 5.69 Å². The number of amides is 1. The number of ether oxygens (including phenoxy) is 1. The number of nitrogens with zero attached hydrogens (tertiary/aromatic N) is 3. The van der Waals surface area contributed by atoms with Crippen molar-refractivity contribution in [1.82, 2.24) is 20.1 Å². The van der Waals surface area contributed by atoms with E-state index in [4.69, 9.17) is 4.74 Å². The number of para-hydroxylation sites is 1. The van der Waals surface area contributed by atoms with Gasteiger partial charge in [0.15, 0.2) is 11.0 Å². The fraction of sp³-hybridized carbons (Fsp3) is 0.238. The molecule has 3 rings (SSSR count). The maximum absolute atomic E-state index is 14.4. The first-order valence-electron chi connectivity index (χ1n) is 9.30. The molecule has 0 aliphatic heterocycles. The minimum absolute atomic E-state index is 0.0111. The highest BCUT2D eigenvalue weighted by molar-refractivity contribution is 7.99. The Bertz CT molecular complexity index is 1020. The first kappa shape index (κ1) is 21.5. The lowest BCUT2D eigenvalue weighted by molar-refractivity contribution is -0.147. The Balaban J connectivity index is 1.78. The van der Waals surface area contributed by atoms with Crippen LogP contribution in [0.25, 0.3) is 17.1 Å². The predicted octanol–water partition coefficient (Wildman–Crippen LogP) is 3.23. The Labute approximate surface area is 177 Å². The van der Waals surface area contributed by atoms with E-state index in [2.05, 4.69) is 15.5 Å². The molecule has 0 spiro atoms. The molecule has 0 saturated carbocycles. The number of esters is 1. The summed E-state index contributed by atoms with van der Waals surface area (Å²) >= 11 is 1.14. The van der Waals surface area contributed by atoms with Gasteiger partial charge in [0.2, 0.25) is 5.91 Å². The first-order valence-corrected chi connectivity index (χ1v) is 10.3. The Morgan fingerprint density at radius 1 is 1.10 bits per heavy atom. The van der Waals surface area contributed by atoms with Crippen molar-refractivity contribution in [1.29, 1.82) is 0 Å². The largest absolute Gasteiger partial charge is 0.462 e. The highest BCUT2D eigenvalue weighted by Gasteiger charge is 2.19. The number of aromatic nitrogens is 3. The van der Waals surface area contributed by atoms with Crippen LogP contribution < -0.4 is 5.32 Å². The second-order valence-electron chi connectivity index (χ2n) is 6.56. The lowest BCUT2D eigenvalue weighted by atomic mass is 10.2. The highest BCUT2D eigenvalue weighted by Crippen LogP contribution is 2.29. The molecular formula is C21H21FN4O3S. The van der Waals surface area contributed by atoms with Crippen LogP contribution in [0.5, 0.6) is 0 Å². The van der Waals surface area contributed by atoms with Crippen LogP contribution in [0.1, 0.15) is 13.8 Å². The summed E-state index contributed by atoms with van der Waals surface area (Å²) in [6.07, 6.45) is -0.245. The van der Waals surface area contributed by atoms with Crippen LogP contribution in [0.2, 0.25) is 0 Å². The standard InChI is InChI=1S/C21H21FN4O3S/c1-14(2)29-19(28)12-23-18(27)13-30-21-25-24-20(16-10-6-7-11-17(16)22)26(21)15-8-4-3-5-9-15/h3-11,14H,12-13H2,1-2H3,(H,23,27). The van der Waals surface area contributed by atoms with Gasteiger partial charge in [0.1, 0.15) is 12.4 Å². The predicted molar refractivity (Wildman–Crippen MR) is 112 cm³/mol. The summed E-state index contributed by atoms with van der Waals surface area (Å²) in [6.45, 7) is 3.27. The minimum Gasteiger partial charge on any atom is -0.462 e. The maximum atomic E-state index is 14.4. The molecule has 0 radical (unpaired) electrons. The van der Waals surface area contributed by atoms with Crippen molar-refractivity contribution >= 4 is 23.6 Å². The molecule has 1 amide bonds. The van der Waals surface area contributed by atoms with E-state index in [1.807, 2.05) is 30.3 Å². The minimum atomic E-state index is -0.502. The van der Waals surface area contributed by atoms with Gasteiger partial charge in [0.05, 0.1) is 17.4 Å². The van der Waals surface area contributed by atoms with Crippen LogP contribution in [0, 0.1) is 5.82 Å². The fourth-order valence-corrected chi connectivity index (χ4v) is 3.43. The summed E-state index contributed by atoms with van der Waals surface area (Å²) in [6, 6.07) is 15.6. The van der Waals surface area contributed by atoms with E-state index in [0.717, 1.165) is 17.4 Å². The van der Waals surface area contributed by atoms with Crippen molar-refractivity contribution in [2.45, 2.75) is 25.1 Å². The number of carbonyl (C=O) groups is 2. The molecule has 1 heterocycles. The zero-order valence-corrected chi connectivity index (χ0v) is 17.4. The molecule has 0 aliphatic rings. The second-order valence-corrected chi connectivity index (χ2v) is 7.50. The average molecular weight is 428 g/mol.